The maximum atomic E-state index is 13.0. The van der Waals surface area contributed by atoms with Gasteiger partial charge in [-0.2, -0.15) is 13.2 Å². The molecule has 2 aromatic rings. The fourth-order valence-corrected chi connectivity index (χ4v) is 1.92. The normalized spacial score (nSPS) is 15.9. The molecule has 1 aromatic carbocycles. The van der Waals surface area contributed by atoms with Crippen LogP contribution >= 0.6 is 0 Å². The van der Waals surface area contributed by atoms with Gasteiger partial charge in [0.2, 0.25) is 0 Å². The van der Waals surface area contributed by atoms with E-state index < -0.39 is 11.7 Å². The number of nitrogens with zero attached hydrogens (tertiary/aromatic N) is 2. The van der Waals surface area contributed by atoms with Crippen LogP contribution in [0.25, 0.3) is 11.0 Å². The van der Waals surface area contributed by atoms with Crippen molar-refractivity contribution in [1.29, 1.82) is 0 Å². The van der Waals surface area contributed by atoms with Crippen LogP contribution in [0.3, 0.4) is 0 Å². The van der Waals surface area contributed by atoms with Crippen LogP contribution in [0, 0.1) is 0 Å². The maximum absolute atomic E-state index is 13.0. The number of aryl methyl sites for hydroxylation is 1. The van der Waals surface area contributed by atoms with Crippen LogP contribution in [0.4, 0.5) is 13.2 Å². The van der Waals surface area contributed by atoms with Gasteiger partial charge in [0, 0.05) is 6.54 Å². The lowest BCUT2D eigenvalue weighted by atomic mass is 10.0. The Morgan fingerprint density at radius 3 is 2.44 bits per heavy atom. The molecule has 6 heteroatoms. The number of benzene rings is 1. The lowest BCUT2D eigenvalue weighted by Crippen LogP contribution is -2.49. The third kappa shape index (κ3) is 1.77. The van der Waals surface area contributed by atoms with E-state index in [1.54, 1.807) is 31.2 Å². The van der Waals surface area contributed by atoms with Crippen molar-refractivity contribution >= 4 is 11.0 Å². The summed E-state index contributed by atoms with van der Waals surface area (Å²) < 4.78 is 40.5. The van der Waals surface area contributed by atoms with E-state index in [0.717, 1.165) is 6.92 Å². The summed E-state index contributed by atoms with van der Waals surface area (Å²) in [4.78, 5) is 4.04. The highest BCUT2D eigenvalue weighted by atomic mass is 19.4. The molecule has 0 spiro atoms. The summed E-state index contributed by atoms with van der Waals surface area (Å²) in [6.07, 6.45) is -4.54. The molecule has 1 heterocycles. The molecular weight excluding hydrogens is 243 g/mol. The van der Waals surface area contributed by atoms with Crippen molar-refractivity contribution in [2.45, 2.75) is 32.1 Å². The Labute approximate surface area is 102 Å². The van der Waals surface area contributed by atoms with Gasteiger partial charge in [0.1, 0.15) is 5.82 Å². The van der Waals surface area contributed by atoms with E-state index in [1.807, 2.05) is 0 Å². The minimum atomic E-state index is -4.54. The number of nitrogens with two attached hydrogens (primary N) is 1. The topological polar surface area (TPSA) is 43.8 Å². The Morgan fingerprint density at radius 1 is 1.28 bits per heavy atom. The molecule has 0 aliphatic carbocycles. The summed E-state index contributed by atoms with van der Waals surface area (Å²) >= 11 is 0. The van der Waals surface area contributed by atoms with Crippen LogP contribution in [-0.4, -0.2) is 15.7 Å². The molecule has 1 unspecified atom stereocenters. The second kappa shape index (κ2) is 3.98. The Kier molecular flexibility index (Phi) is 2.85. The van der Waals surface area contributed by atoms with Gasteiger partial charge in [0.25, 0.3) is 0 Å². The Hall–Kier alpha value is -1.56. The van der Waals surface area contributed by atoms with Crippen LogP contribution in [0.15, 0.2) is 24.3 Å². The molecule has 2 N–H and O–H groups in total. The first-order chi connectivity index (χ1) is 8.29. The number of imidazole rings is 1. The quantitative estimate of drug-likeness (QED) is 0.899. The van der Waals surface area contributed by atoms with Crippen LogP contribution in [0.1, 0.15) is 19.7 Å². The van der Waals surface area contributed by atoms with Crippen LogP contribution in [0.5, 0.6) is 0 Å². The number of aromatic nitrogens is 2. The van der Waals surface area contributed by atoms with Gasteiger partial charge < -0.3 is 10.3 Å². The minimum absolute atomic E-state index is 0.154. The number of para-hydroxylation sites is 2. The lowest BCUT2D eigenvalue weighted by Gasteiger charge is -2.27. The first kappa shape index (κ1) is 12.9. The highest BCUT2D eigenvalue weighted by molar-refractivity contribution is 5.76. The zero-order chi connectivity index (χ0) is 13.6. The molecule has 0 bridgehead atoms. The molecule has 3 nitrogen and oxygen atoms in total. The van der Waals surface area contributed by atoms with Crippen LogP contribution < -0.4 is 5.73 Å². The molecule has 18 heavy (non-hydrogen) atoms. The van der Waals surface area contributed by atoms with Gasteiger partial charge in [-0.25, -0.2) is 4.98 Å². The van der Waals surface area contributed by atoms with Gasteiger partial charge in [-0.15, -0.1) is 0 Å². The van der Waals surface area contributed by atoms with Crippen molar-refractivity contribution in [2.75, 3.05) is 0 Å². The Bertz CT molecular complexity index is 569. The number of hydrogen-bond acceptors (Lipinski definition) is 2. The van der Waals surface area contributed by atoms with Gasteiger partial charge >= 0.3 is 6.18 Å². The lowest BCUT2D eigenvalue weighted by molar-refractivity contribution is -0.186. The van der Waals surface area contributed by atoms with E-state index in [9.17, 15) is 13.2 Å². The average molecular weight is 257 g/mol. The summed E-state index contributed by atoms with van der Waals surface area (Å²) in [6, 6.07) is 6.92. The number of alkyl halides is 3. The van der Waals surface area contributed by atoms with Gasteiger partial charge in [-0.1, -0.05) is 12.1 Å². The molecule has 0 saturated carbocycles. The van der Waals surface area contributed by atoms with Crippen molar-refractivity contribution < 1.29 is 13.2 Å². The second-order valence-corrected chi connectivity index (χ2v) is 4.37. The maximum Gasteiger partial charge on any atom is 0.413 e. The third-order valence-electron chi connectivity index (χ3n) is 3.02. The minimum Gasteiger partial charge on any atom is -0.326 e. The van der Waals surface area contributed by atoms with E-state index in [4.69, 9.17) is 5.73 Å². The molecule has 1 aromatic heterocycles. The average Bonchev–Trinajstić information content (AvgIpc) is 2.66. The summed E-state index contributed by atoms with van der Waals surface area (Å²) in [5.41, 5.74) is 4.18. The number of rotatable bonds is 2. The molecule has 0 aliphatic rings. The molecule has 1 atom stereocenters. The molecule has 0 radical (unpaired) electrons. The monoisotopic (exact) mass is 257 g/mol. The first-order valence-electron chi connectivity index (χ1n) is 5.60. The van der Waals surface area contributed by atoms with Gasteiger partial charge in [-0.05, 0) is 26.0 Å². The number of halogens is 3. The Balaban J connectivity index is 2.72. The number of hydrogen-bond donors (Lipinski definition) is 1. The van der Waals surface area contributed by atoms with Gasteiger partial charge in [0.05, 0.1) is 11.0 Å². The predicted molar refractivity (Wildman–Crippen MR) is 63.0 cm³/mol. The van der Waals surface area contributed by atoms with Crippen molar-refractivity contribution in [1.82, 2.24) is 9.55 Å². The molecule has 0 fully saturated rings. The largest absolute Gasteiger partial charge is 0.413 e. The van der Waals surface area contributed by atoms with Gasteiger partial charge in [0.15, 0.2) is 5.54 Å². The molecule has 0 aliphatic heterocycles. The van der Waals surface area contributed by atoms with Crippen molar-refractivity contribution in [3.63, 3.8) is 0 Å². The van der Waals surface area contributed by atoms with Crippen LogP contribution in [0.2, 0.25) is 0 Å². The van der Waals surface area contributed by atoms with Crippen molar-refractivity contribution in [3.8, 4) is 0 Å². The van der Waals surface area contributed by atoms with E-state index in [1.165, 1.54) is 4.57 Å². The number of fused-ring (bicyclic) bond motifs is 1. The first-order valence-corrected chi connectivity index (χ1v) is 5.60. The SMILES string of the molecule is CCn1c(C(C)(N)C(F)(F)F)nc2ccccc21. The molecule has 2 rings (SSSR count). The van der Waals surface area contributed by atoms with E-state index in [-0.39, 0.29) is 5.82 Å². The zero-order valence-corrected chi connectivity index (χ0v) is 10.1. The zero-order valence-electron chi connectivity index (χ0n) is 10.1. The van der Waals surface area contributed by atoms with E-state index in [2.05, 4.69) is 4.98 Å². The standard InChI is InChI=1S/C12H14F3N3/c1-3-18-9-7-5-4-6-8(9)17-10(18)11(2,16)12(13,14)15/h4-7H,3,16H2,1-2H3. The third-order valence-corrected chi connectivity index (χ3v) is 3.02. The molecular formula is C12H14F3N3. The van der Waals surface area contributed by atoms with Crippen molar-refractivity contribution in [3.05, 3.63) is 30.1 Å². The van der Waals surface area contributed by atoms with E-state index in [0.29, 0.717) is 17.6 Å². The Morgan fingerprint density at radius 2 is 1.89 bits per heavy atom. The summed E-state index contributed by atoms with van der Waals surface area (Å²) in [6.45, 7) is 3.10. The molecule has 98 valence electrons. The highest BCUT2D eigenvalue weighted by Gasteiger charge is 2.52. The van der Waals surface area contributed by atoms with E-state index >= 15 is 0 Å². The fraction of sp³-hybridized carbons (Fsp3) is 0.417. The highest BCUT2D eigenvalue weighted by Crippen LogP contribution is 2.37. The van der Waals surface area contributed by atoms with Crippen molar-refractivity contribution in [2.24, 2.45) is 5.73 Å². The predicted octanol–water partition coefficient (Wildman–Crippen LogP) is 2.79. The fourth-order valence-electron chi connectivity index (χ4n) is 1.92. The summed E-state index contributed by atoms with van der Waals surface area (Å²) in [5, 5.41) is 0. The molecule has 0 saturated heterocycles. The molecule has 0 amide bonds. The summed E-state index contributed by atoms with van der Waals surface area (Å²) in [7, 11) is 0. The van der Waals surface area contributed by atoms with Crippen LogP contribution in [-0.2, 0) is 12.1 Å². The summed E-state index contributed by atoms with van der Waals surface area (Å²) in [5.74, 6) is -0.154. The second-order valence-electron chi connectivity index (χ2n) is 4.37. The van der Waals surface area contributed by atoms with Gasteiger partial charge in [-0.3, -0.25) is 0 Å². The smallest absolute Gasteiger partial charge is 0.326 e.